The first kappa shape index (κ1) is 22.9. The van der Waals surface area contributed by atoms with Crippen molar-refractivity contribution >= 4 is 35.1 Å². The van der Waals surface area contributed by atoms with E-state index in [1.165, 1.54) is 7.11 Å². The van der Waals surface area contributed by atoms with Crippen LogP contribution in [0, 0.1) is 0 Å². The molecule has 35 heavy (non-hydrogen) atoms. The van der Waals surface area contributed by atoms with Gasteiger partial charge in [0, 0.05) is 48.5 Å². The van der Waals surface area contributed by atoms with E-state index >= 15 is 0 Å². The highest BCUT2D eigenvalue weighted by atomic mass is 35.5. The summed E-state index contributed by atoms with van der Waals surface area (Å²) in [6, 6.07) is 13.0. The summed E-state index contributed by atoms with van der Waals surface area (Å²) in [4.78, 5) is 35.0. The van der Waals surface area contributed by atoms with Gasteiger partial charge in [-0.05, 0) is 48.2 Å². The van der Waals surface area contributed by atoms with Crippen LogP contribution in [0.1, 0.15) is 18.4 Å². The van der Waals surface area contributed by atoms with Crippen LogP contribution in [0.4, 0.5) is 10.5 Å². The molecule has 9 heteroatoms. The minimum Gasteiger partial charge on any atom is -0.453 e. The zero-order valence-electron chi connectivity index (χ0n) is 19.2. The normalized spacial score (nSPS) is 13.3. The average Bonchev–Trinajstić information content (AvgIpc) is 3.55. The number of ether oxygens (including phenoxy) is 1. The molecular weight excluding hydrogens is 466 g/mol. The molecule has 1 saturated heterocycles. The summed E-state index contributed by atoms with van der Waals surface area (Å²) >= 11 is 6.51. The van der Waals surface area contributed by atoms with Crippen LogP contribution in [0.2, 0.25) is 5.02 Å². The van der Waals surface area contributed by atoms with Gasteiger partial charge >= 0.3 is 6.09 Å². The lowest BCUT2D eigenvalue weighted by Gasteiger charge is -2.15. The quantitative estimate of drug-likeness (QED) is 0.423. The monoisotopic (exact) mass is 489 g/mol. The number of nitrogens with zero attached hydrogens (tertiary/aromatic N) is 4. The van der Waals surface area contributed by atoms with Crippen LogP contribution in [0.25, 0.3) is 28.2 Å². The Labute approximate surface area is 207 Å². The Hall–Kier alpha value is -3.91. The van der Waals surface area contributed by atoms with Gasteiger partial charge in [-0.2, -0.15) is 0 Å². The number of rotatable bonds is 5. The van der Waals surface area contributed by atoms with E-state index < -0.39 is 6.09 Å². The van der Waals surface area contributed by atoms with E-state index in [9.17, 15) is 9.59 Å². The predicted molar refractivity (Wildman–Crippen MR) is 134 cm³/mol. The molecule has 0 atom stereocenters. The molecule has 1 aliphatic rings. The van der Waals surface area contributed by atoms with Gasteiger partial charge < -0.3 is 9.64 Å². The molecule has 0 saturated carbocycles. The fourth-order valence-corrected chi connectivity index (χ4v) is 4.42. The van der Waals surface area contributed by atoms with E-state index in [1.54, 1.807) is 18.3 Å². The Bertz CT molecular complexity index is 1390. The van der Waals surface area contributed by atoms with Gasteiger partial charge in [0.2, 0.25) is 11.7 Å². The van der Waals surface area contributed by atoms with Crippen molar-refractivity contribution in [3.05, 3.63) is 71.6 Å². The van der Waals surface area contributed by atoms with Crippen LogP contribution < -0.4 is 5.32 Å². The number of carbonyl (C=O) groups is 2. The van der Waals surface area contributed by atoms with Crippen molar-refractivity contribution in [1.82, 2.24) is 19.3 Å². The SMILES string of the molecule is COC(=O)Nc1ccc(-c2cnc3nc(-c4cc(CC(=O)N5CCCC5)ccc4Cl)cn3c2)cc1. The Morgan fingerprint density at radius 3 is 2.57 bits per heavy atom. The summed E-state index contributed by atoms with van der Waals surface area (Å²) in [5, 5.41) is 3.20. The number of hydrogen-bond donors (Lipinski definition) is 1. The Balaban J connectivity index is 1.39. The van der Waals surface area contributed by atoms with Crippen LogP contribution in [0.5, 0.6) is 0 Å². The van der Waals surface area contributed by atoms with E-state index in [0.717, 1.165) is 48.2 Å². The summed E-state index contributed by atoms with van der Waals surface area (Å²) in [5.74, 6) is 0.687. The smallest absolute Gasteiger partial charge is 0.411 e. The van der Waals surface area contributed by atoms with Gasteiger partial charge in [-0.3, -0.25) is 14.5 Å². The second-order valence-electron chi connectivity index (χ2n) is 8.45. The third-order valence-corrected chi connectivity index (χ3v) is 6.41. The molecule has 1 aliphatic heterocycles. The third kappa shape index (κ3) is 4.97. The van der Waals surface area contributed by atoms with E-state index in [2.05, 4.69) is 20.0 Å². The number of fused-ring (bicyclic) bond motifs is 1. The van der Waals surface area contributed by atoms with Crippen LogP contribution in [0.3, 0.4) is 0 Å². The molecule has 2 aromatic heterocycles. The van der Waals surface area contributed by atoms with Crippen LogP contribution in [-0.4, -0.2) is 51.5 Å². The van der Waals surface area contributed by atoms with Gasteiger partial charge in [0.15, 0.2) is 0 Å². The number of benzene rings is 2. The molecule has 1 fully saturated rings. The summed E-state index contributed by atoms with van der Waals surface area (Å²) in [6.45, 7) is 1.68. The van der Waals surface area contributed by atoms with Crippen molar-refractivity contribution in [2.45, 2.75) is 19.3 Å². The molecule has 5 rings (SSSR count). The van der Waals surface area contributed by atoms with Crippen molar-refractivity contribution in [3.63, 3.8) is 0 Å². The second-order valence-corrected chi connectivity index (χ2v) is 8.86. The van der Waals surface area contributed by atoms with Crippen LogP contribution >= 0.6 is 11.6 Å². The van der Waals surface area contributed by atoms with E-state index in [4.69, 9.17) is 11.6 Å². The minimum atomic E-state index is -0.519. The number of nitrogens with one attached hydrogen (secondary N) is 1. The number of halogens is 1. The lowest BCUT2D eigenvalue weighted by Crippen LogP contribution is -2.29. The summed E-state index contributed by atoms with van der Waals surface area (Å²) in [5.41, 5.74) is 4.83. The summed E-state index contributed by atoms with van der Waals surface area (Å²) in [6.07, 6.45) is 7.55. The van der Waals surface area contributed by atoms with Crippen LogP contribution in [0.15, 0.2) is 61.1 Å². The number of aromatic nitrogens is 3. The van der Waals surface area contributed by atoms with Gasteiger partial charge in [-0.1, -0.05) is 29.8 Å². The molecule has 2 aromatic carbocycles. The highest BCUT2D eigenvalue weighted by Crippen LogP contribution is 2.30. The molecule has 1 N–H and O–H groups in total. The number of methoxy groups -OCH3 is 1. The molecule has 0 bridgehead atoms. The summed E-state index contributed by atoms with van der Waals surface area (Å²) in [7, 11) is 1.32. The standard InChI is InChI=1S/C26H24ClN5O3/c1-35-26(34)29-20-7-5-18(6-8-20)19-14-28-25-30-23(16-32(25)15-19)21-12-17(4-9-22(21)27)13-24(33)31-10-2-3-11-31/h4-9,12,14-16H,2-3,10-11,13H2,1H3,(H,29,34). The maximum absolute atomic E-state index is 12.6. The fourth-order valence-electron chi connectivity index (χ4n) is 4.21. The molecule has 4 aromatic rings. The van der Waals surface area contributed by atoms with Gasteiger partial charge in [0.1, 0.15) is 0 Å². The molecule has 3 heterocycles. The van der Waals surface area contributed by atoms with Gasteiger partial charge in [0.25, 0.3) is 0 Å². The second kappa shape index (κ2) is 9.76. The van der Waals surface area contributed by atoms with Crippen molar-refractivity contribution in [3.8, 4) is 22.4 Å². The molecule has 8 nitrogen and oxygen atoms in total. The Morgan fingerprint density at radius 1 is 1.06 bits per heavy atom. The molecule has 178 valence electrons. The number of likely N-dealkylation sites (tertiary alicyclic amines) is 1. The summed E-state index contributed by atoms with van der Waals surface area (Å²) < 4.78 is 6.47. The topological polar surface area (TPSA) is 88.8 Å². The number of imidazole rings is 1. The lowest BCUT2D eigenvalue weighted by molar-refractivity contribution is -0.129. The number of hydrogen-bond acceptors (Lipinski definition) is 5. The van der Waals surface area contributed by atoms with Crippen molar-refractivity contribution in [2.75, 3.05) is 25.5 Å². The number of carbonyl (C=O) groups excluding carboxylic acids is 2. The first-order valence-corrected chi connectivity index (χ1v) is 11.7. The average molecular weight is 490 g/mol. The Kier molecular flexibility index (Phi) is 6.37. The number of anilines is 1. The highest BCUT2D eigenvalue weighted by molar-refractivity contribution is 6.33. The zero-order valence-corrected chi connectivity index (χ0v) is 20.0. The third-order valence-electron chi connectivity index (χ3n) is 6.08. The minimum absolute atomic E-state index is 0.143. The predicted octanol–water partition coefficient (Wildman–Crippen LogP) is 5.06. The maximum Gasteiger partial charge on any atom is 0.411 e. The van der Waals surface area contributed by atoms with Gasteiger partial charge in [0.05, 0.1) is 24.2 Å². The lowest BCUT2D eigenvalue weighted by atomic mass is 10.1. The van der Waals surface area contributed by atoms with Gasteiger partial charge in [-0.15, -0.1) is 0 Å². The molecular formula is C26H24ClN5O3. The van der Waals surface area contributed by atoms with E-state index in [0.29, 0.717) is 28.6 Å². The van der Waals surface area contributed by atoms with Crippen molar-refractivity contribution in [2.24, 2.45) is 0 Å². The largest absolute Gasteiger partial charge is 0.453 e. The first-order chi connectivity index (χ1) is 17.0. The highest BCUT2D eigenvalue weighted by Gasteiger charge is 2.19. The molecule has 0 unspecified atom stereocenters. The molecule has 0 aliphatic carbocycles. The first-order valence-electron chi connectivity index (χ1n) is 11.4. The fraction of sp³-hybridized carbons (Fsp3) is 0.231. The molecule has 0 radical (unpaired) electrons. The van der Waals surface area contributed by atoms with Crippen molar-refractivity contribution < 1.29 is 14.3 Å². The maximum atomic E-state index is 12.6. The van der Waals surface area contributed by atoms with E-state index in [1.807, 2.05) is 52.0 Å². The molecule has 2 amide bonds. The Morgan fingerprint density at radius 2 is 1.83 bits per heavy atom. The zero-order chi connectivity index (χ0) is 24.4. The van der Waals surface area contributed by atoms with E-state index in [-0.39, 0.29) is 5.91 Å². The molecule has 0 spiro atoms. The van der Waals surface area contributed by atoms with Crippen molar-refractivity contribution in [1.29, 1.82) is 0 Å². The number of amides is 2. The van der Waals surface area contributed by atoms with Crippen LogP contribution in [-0.2, 0) is 16.0 Å². The van der Waals surface area contributed by atoms with Gasteiger partial charge in [-0.25, -0.2) is 14.8 Å².